The zero-order chi connectivity index (χ0) is 16.2. The Morgan fingerprint density at radius 2 is 1.83 bits per heavy atom. The summed E-state index contributed by atoms with van der Waals surface area (Å²) in [5.41, 5.74) is 5.83. The highest BCUT2D eigenvalue weighted by Gasteiger charge is 2.12. The predicted molar refractivity (Wildman–Crippen MR) is 90.8 cm³/mol. The highest BCUT2D eigenvalue weighted by molar-refractivity contribution is 5.89. The molecule has 0 fully saturated rings. The van der Waals surface area contributed by atoms with Crippen molar-refractivity contribution in [3.63, 3.8) is 0 Å². The molecule has 0 saturated carbocycles. The van der Waals surface area contributed by atoms with Crippen molar-refractivity contribution >= 4 is 12.0 Å². The zero-order valence-electron chi connectivity index (χ0n) is 13.5. The van der Waals surface area contributed by atoms with Crippen LogP contribution in [-0.2, 0) is 17.6 Å². The maximum atomic E-state index is 11.5. The number of esters is 1. The molecule has 0 amide bonds. The first kappa shape index (κ1) is 15.3. The van der Waals surface area contributed by atoms with Crippen molar-refractivity contribution < 1.29 is 14.3 Å². The van der Waals surface area contributed by atoms with E-state index in [1.54, 1.807) is 7.11 Å². The molecular weight excluding hydrogens is 288 g/mol. The van der Waals surface area contributed by atoms with E-state index in [-0.39, 0.29) is 5.97 Å². The van der Waals surface area contributed by atoms with E-state index in [1.165, 1.54) is 29.4 Å². The lowest BCUT2D eigenvalue weighted by molar-refractivity contribution is 0.0600. The van der Waals surface area contributed by atoms with Crippen LogP contribution in [0.15, 0.2) is 48.0 Å². The molecule has 0 aromatic heterocycles. The third-order valence-corrected chi connectivity index (χ3v) is 4.23. The van der Waals surface area contributed by atoms with E-state index < -0.39 is 0 Å². The first-order chi connectivity index (χ1) is 11.2. The lowest BCUT2D eigenvalue weighted by Gasteiger charge is -2.17. The third-order valence-electron chi connectivity index (χ3n) is 4.23. The minimum Gasteiger partial charge on any atom is -0.497 e. The third kappa shape index (κ3) is 3.45. The van der Waals surface area contributed by atoms with Gasteiger partial charge in [0.25, 0.3) is 0 Å². The van der Waals surface area contributed by atoms with Crippen LogP contribution >= 0.6 is 0 Å². The Morgan fingerprint density at radius 3 is 2.52 bits per heavy atom. The van der Waals surface area contributed by atoms with Gasteiger partial charge in [0.15, 0.2) is 0 Å². The topological polar surface area (TPSA) is 35.5 Å². The first-order valence-corrected chi connectivity index (χ1v) is 7.73. The number of benzene rings is 2. The standard InChI is InChI=1S/C20H20O3/c1-22-19-10-9-17-12-15(5-8-18(17)13-19)11-14-3-6-16(7-4-14)20(21)23-2/h3-4,6-7,9-10,12-13H,5,8,11H2,1-2H3. The van der Waals surface area contributed by atoms with Crippen molar-refractivity contribution in [3.05, 3.63) is 70.3 Å². The SMILES string of the molecule is COC(=O)c1ccc(CC2=Cc3ccc(OC)cc3CC2)cc1. The smallest absolute Gasteiger partial charge is 0.337 e. The van der Waals surface area contributed by atoms with Gasteiger partial charge in [-0.15, -0.1) is 0 Å². The number of carbonyl (C=O) groups excluding carboxylic acids is 1. The van der Waals surface area contributed by atoms with E-state index in [9.17, 15) is 4.79 Å². The first-order valence-electron chi connectivity index (χ1n) is 7.73. The summed E-state index contributed by atoms with van der Waals surface area (Å²) in [6, 6.07) is 13.9. The van der Waals surface area contributed by atoms with E-state index in [4.69, 9.17) is 9.47 Å². The summed E-state index contributed by atoms with van der Waals surface area (Å²) < 4.78 is 10.0. The van der Waals surface area contributed by atoms with Gasteiger partial charge in [0.1, 0.15) is 5.75 Å². The van der Waals surface area contributed by atoms with E-state index in [1.807, 2.05) is 30.3 Å². The molecule has 0 saturated heterocycles. The average Bonchev–Trinajstić information content (AvgIpc) is 2.61. The molecular formula is C20H20O3. The van der Waals surface area contributed by atoms with Crippen LogP contribution in [-0.4, -0.2) is 20.2 Å². The summed E-state index contributed by atoms with van der Waals surface area (Å²) in [5, 5.41) is 0. The Hall–Kier alpha value is -2.55. The van der Waals surface area contributed by atoms with Crippen molar-refractivity contribution in [2.75, 3.05) is 14.2 Å². The second-order valence-electron chi connectivity index (χ2n) is 5.73. The van der Waals surface area contributed by atoms with Crippen molar-refractivity contribution in [3.8, 4) is 5.75 Å². The number of hydrogen-bond acceptors (Lipinski definition) is 3. The zero-order valence-corrected chi connectivity index (χ0v) is 13.5. The lowest BCUT2D eigenvalue weighted by Crippen LogP contribution is -2.03. The highest BCUT2D eigenvalue weighted by atomic mass is 16.5. The molecule has 3 rings (SSSR count). The molecule has 0 aliphatic heterocycles. The summed E-state index contributed by atoms with van der Waals surface area (Å²) in [4.78, 5) is 11.5. The Kier molecular flexibility index (Phi) is 4.47. The van der Waals surface area contributed by atoms with Crippen molar-refractivity contribution in [2.24, 2.45) is 0 Å². The van der Waals surface area contributed by atoms with Gasteiger partial charge in [0.2, 0.25) is 0 Å². The number of ether oxygens (including phenoxy) is 2. The van der Waals surface area contributed by atoms with Crippen LogP contribution in [0.1, 0.15) is 33.5 Å². The summed E-state index contributed by atoms with van der Waals surface area (Å²) >= 11 is 0. The van der Waals surface area contributed by atoms with E-state index in [0.717, 1.165) is 25.0 Å². The number of allylic oxidation sites excluding steroid dienone is 1. The van der Waals surface area contributed by atoms with Crippen molar-refractivity contribution in [1.82, 2.24) is 0 Å². The van der Waals surface area contributed by atoms with Gasteiger partial charge in [-0.3, -0.25) is 0 Å². The van der Waals surface area contributed by atoms with Gasteiger partial charge in [0, 0.05) is 0 Å². The molecule has 0 bridgehead atoms. The van der Waals surface area contributed by atoms with Crippen LogP contribution in [0.3, 0.4) is 0 Å². The molecule has 0 unspecified atom stereocenters. The molecule has 0 radical (unpaired) electrons. The van der Waals surface area contributed by atoms with Gasteiger partial charge in [-0.2, -0.15) is 0 Å². The molecule has 3 heteroatoms. The molecule has 1 aliphatic carbocycles. The molecule has 3 nitrogen and oxygen atoms in total. The highest BCUT2D eigenvalue weighted by Crippen LogP contribution is 2.29. The lowest BCUT2D eigenvalue weighted by atomic mass is 9.89. The minimum absolute atomic E-state index is 0.295. The van der Waals surface area contributed by atoms with Crippen LogP contribution in [0.2, 0.25) is 0 Å². The summed E-state index contributed by atoms with van der Waals surface area (Å²) in [7, 11) is 3.10. The largest absolute Gasteiger partial charge is 0.497 e. The normalized spacial score (nSPS) is 13.0. The Labute approximate surface area is 136 Å². The van der Waals surface area contributed by atoms with Gasteiger partial charge in [-0.25, -0.2) is 4.79 Å². The van der Waals surface area contributed by atoms with Crippen molar-refractivity contribution in [2.45, 2.75) is 19.3 Å². The molecule has 1 aliphatic rings. The molecule has 0 atom stereocenters. The number of rotatable bonds is 4. The van der Waals surface area contributed by atoms with Crippen molar-refractivity contribution in [1.29, 1.82) is 0 Å². The predicted octanol–water partition coefficient (Wildman–Crippen LogP) is 4.05. The molecule has 0 spiro atoms. The molecule has 0 N–H and O–H groups in total. The van der Waals surface area contributed by atoms with Crippen LogP contribution in [0.4, 0.5) is 0 Å². The number of hydrogen-bond donors (Lipinski definition) is 0. The monoisotopic (exact) mass is 308 g/mol. The fourth-order valence-electron chi connectivity index (χ4n) is 2.93. The number of carbonyl (C=O) groups is 1. The fraction of sp³-hybridized carbons (Fsp3) is 0.250. The van der Waals surface area contributed by atoms with Gasteiger partial charge in [-0.05, 0) is 60.2 Å². The number of aryl methyl sites for hydroxylation is 1. The van der Waals surface area contributed by atoms with Gasteiger partial charge in [-0.1, -0.05) is 29.8 Å². The fourth-order valence-corrected chi connectivity index (χ4v) is 2.93. The van der Waals surface area contributed by atoms with Gasteiger partial charge in [0.05, 0.1) is 19.8 Å². The quantitative estimate of drug-likeness (QED) is 0.799. The van der Waals surface area contributed by atoms with Crippen LogP contribution < -0.4 is 4.74 Å². The van der Waals surface area contributed by atoms with Crippen LogP contribution in [0.5, 0.6) is 5.75 Å². The summed E-state index contributed by atoms with van der Waals surface area (Å²) in [6.45, 7) is 0. The second-order valence-corrected chi connectivity index (χ2v) is 5.73. The molecule has 118 valence electrons. The Bertz CT molecular complexity index is 742. The van der Waals surface area contributed by atoms with Crippen LogP contribution in [0, 0.1) is 0 Å². The Morgan fingerprint density at radius 1 is 1.04 bits per heavy atom. The summed E-state index contributed by atoms with van der Waals surface area (Å²) in [6.07, 6.45) is 5.27. The maximum absolute atomic E-state index is 11.5. The van der Waals surface area contributed by atoms with Gasteiger partial charge < -0.3 is 9.47 Å². The van der Waals surface area contributed by atoms with Gasteiger partial charge >= 0.3 is 5.97 Å². The van der Waals surface area contributed by atoms with Crippen LogP contribution in [0.25, 0.3) is 6.08 Å². The maximum Gasteiger partial charge on any atom is 0.337 e. The van der Waals surface area contributed by atoms with E-state index in [0.29, 0.717) is 5.56 Å². The average molecular weight is 308 g/mol. The molecule has 2 aromatic rings. The molecule has 2 aromatic carbocycles. The van der Waals surface area contributed by atoms with E-state index >= 15 is 0 Å². The van der Waals surface area contributed by atoms with E-state index in [2.05, 4.69) is 18.2 Å². The molecule has 23 heavy (non-hydrogen) atoms. The molecule has 0 heterocycles. The Balaban J connectivity index is 1.75. The number of methoxy groups -OCH3 is 2. The second kappa shape index (κ2) is 6.69. The summed E-state index contributed by atoms with van der Waals surface area (Å²) in [5.74, 6) is 0.621. The minimum atomic E-state index is -0.295. The number of fused-ring (bicyclic) bond motifs is 1.